The van der Waals surface area contributed by atoms with Crippen molar-refractivity contribution in [2.24, 2.45) is 0 Å². The summed E-state index contributed by atoms with van der Waals surface area (Å²) in [5, 5.41) is 1.88. The molecule has 0 fully saturated rings. The van der Waals surface area contributed by atoms with Gasteiger partial charge in [-0.1, -0.05) is 6.07 Å². The van der Waals surface area contributed by atoms with Crippen LogP contribution in [0.25, 0.3) is 0 Å². The Bertz CT molecular complexity index is 143. The molecule has 1 aromatic heterocycles. The molecule has 0 aliphatic rings. The molecule has 1 rings (SSSR count). The molecule has 0 radical (unpaired) electrons. The molecular weight excluding hydrogens is 109 g/mol. The zero-order chi connectivity index (χ0) is 5.11. The molecule has 0 spiro atoms. The van der Waals surface area contributed by atoms with Gasteiger partial charge in [0.05, 0.1) is 4.88 Å². The SMILES string of the molecule is O=Cc1c[13cH]cs1. The van der Waals surface area contributed by atoms with Gasteiger partial charge >= 0.3 is 0 Å². The highest BCUT2D eigenvalue weighted by molar-refractivity contribution is 7.11. The predicted octanol–water partition coefficient (Wildman–Crippen LogP) is 1.56. The van der Waals surface area contributed by atoms with E-state index in [0.29, 0.717) is 0 Å². The fourth-order valence-electron chi connectivity index (χ4n) is 0.358. The molecule has 0 aliphatic carbocycles. The Hall–Kier alpha value is -0.630. The summed E-state index contributed by atoms with van der Waals surface area (Å²) in [4.78, 5) is 10.7. The third-order valence-electron chi connectivity index (χ3n) is 0.659. The monoisotopic (exact) mass is 113 g/mol. The van der Waals surface area contributed by atoms with Crippen LogP contribution in [0.15, 0.2) is 17.5 Å². The van der Waals surface area contributed by atoms with Crippen molar-refractivity contribution in [3.8, 4) is 0 Å². The van der Waals surface area contributed by atoms with Gasteiger partial charge in [0, 0.05) is 0 Å². The van der Waals surface area contributed by atoms with E-state index in [2.05, 4.69) is 0 Å². The summed E-state index contributed by atoms with van der Waals surface area (Å²) >= 11 is 1.45. The second-order valence-corrected chi connectivity index (χ2v) is 2.11. The molecule has 7 heavy (non-hydrogen) atoms. The largest absolute Gasteiger partial charge is 0.297 e. The Morgan fingerprint density at radius 1 is 1.71 bits per heavy atom. The van der Waals surface area contributed by atoms with Gasteiger partial charge in [-0.05, 0) is 11.4 Å². The number of hydrogen-bond donors (Lipinski definition) is 0. The van der Waals surface area contributed by atoms with Crippen LogP contribution in [-0.2, 0) is 0 Å². The van der Waals surface area contributed by atoms with Gasteiger partial charge in [0.15, 0.2) is 6.29 Å². The molecule has 2 heteroatoms. The van der Waals surface area contributed by atoms with Gasteiger partial charge in [-0.25, -0.2) is 0 Å². The summed E-state index contributed by atoms with van der Waals surface area (Å²) < 4.78 is 0. The van der Waals surface area contributed by atoms with E-state index in [1.54, 1.807) is 6.07 Å². The fourth-order valence-corrected chi connectivity index (χ4v) is 0.885. The van der Waals surface area contributed by atoms with E-state index < -0.39 is 0 Å². The highest BCUT2D eigenvalue weighted by Crippen LogP contribution is 2.02. The minimum atomic E-state index is 0.792. The summed E-state index contributed by atoms with van der Waals surface area (Å²) in [5.41, 5.74) is 0. The molecule has 0 saturated carbocycles. The van der Waals surface area contributed by atoms with Crippen LogP contribution in [0.1, 0.15) is 9.67 Å². The lowest BCUT2D eigenvalue weighted by atomic mass is 10.6. The van der Waals surface area contributed by atoms with Gasteiger partial charge in [-0.3, -0.25) is 4.79 Å². The number of hydrogen-bond acceptors (Lipinski definition) is 2. The summed E-state index contributed by atoms with van der Waals surface area (Å²) in [6.07, 6.45) is 0.852. The molecule has 0 aliphatic heterocycles. The van der Waals surface area contributed by atoms with E-state index >= 15 is 0 Å². The maximum absolute atomic E-state index is 9.88. The Labute approximate surface area is 45.6 Å². The molecule has 0 N–H and O–H groups in total. The smallest absolute Gasteiger partial charge is 0.159 e. The number of carbonyl (C=O) groups excluding carboxylic acids is 1. The zero-order valence-corrected chi connectivity index (χ0v) is 4.44. The van der Waals surface area contributed by atoms with Crippen LogP contribution in [-0.4, -0.2) is 6.29 Å². The minimum absolute atomic E-state index is 0.792. The van der Waals surface area contributed by atoms with E-state index in [1.165, 1.54) is 11.3 Å². The van der Waals surface area contributed by atoms with Gasteiger partial charge in [0.2, 0.25) is 0 Å². The molecule has 0 amide bonds. The van der Waals surface area contributed by atoms with Gasteiger partial charge < -0.3 is 0 Å². The first kappa shape index (κ1) is 4.53. The Morgan fingerprint density at radius 3 is 2.86 bits per heavy atom. The van der Waals surface area contributed by atoms with Gasteiger partial charge in [0.25, 0.3) is 0 Å². The van der Waals surface area contributed by atoms with Crippen molar-refractivity contribution < 1.29 is 4.79 Å². The average Bonchev–Trinajstić information content (AvgIpc) is 2.14. The molecule has 1 nitrogen and oxygen atoms in total. The van der Waals surface area contributed by atoms with E-state index in [4.69, 9.17) is 0 Å². The number of carbonyl (C=O) groups is 1. The third kappa shape index (κ3) is 0.871. The summed E-state index contributed by atoms with van der Waals surface area (Å²) in [6.45, 7) is 0. The quantitative estimate of drug-likeness (QED) is 0.505. The molecule has 0 bridgehead atoms. The highest BCUT2D eigenvalue weighted by atomic mass is 32.1. The van der Waals surface area contributed by atoms with Crippen LogP contribution >= 0.6 is 11.3 Å². The van der Waals surface area contributed by atoms with Gasteiger partial charge in [0.1, 0.15) is 0 Å². The first-order valence-electron chi connectivity index (χ1n) is 1.92. The maximum atomic E-state index is 9.88. The molecule has 0 atom stereocenters. The summed E-state index contributed by atoms with van der Waals surface area (Å²) in [5.74, 6) is 0. The maximum Gasteiger partial charge on any atom is 0.159 e. The second-order valence-electron chi connectivity index (χ2n) is 1.13. The van der Waals surface area contributed by atoms with Crippen molar-refractivity contribution in [2.45, 2.75) is 0 Å². The van der Waals surface area contributed by atoms with E-state index in [1.807, 2.05) is 11.4 Å². The Morgan fingerprint density at radius 2 is 2.57 bits per heavy atom. The molecule has 1 aromatic rings. The summed E-state index contributed by atoms with van der Waals surface area (Å²) in [6, 6.07) is 3.64. The number of thiophene rings is 1. The lowest BCUT2D eigenvalue weighted by Crippen LogP contribution is -1.61. The first-order chi connectivity index (χ1) is 3.43. The number of rotatable bonds is 1. The predicted molar refractivity (Wildman–Crippen MR) is 29.7 cm³/mol. The zero-order valence-electron chi connectivity index (χ0n) is 3.63. The van der Waals surface area contributed by atoms with Gasteiger partial charge in [-0.2, -0.15) is 0 Å². The Kier molecular flexibility index (Phi) is 1.22. The molecule has 36 valence electrons. The minimum Gasteiger partial charge on any atom is -0.297 e. The van der Waals surface area contributed by atoms with Crippen molar-refractivity contribution in [1.29, 1.82) is 0 Å². The van der Waals surface area contributed by atoms with Crippen molar-refractivity contribution in [3.63, 3.8) is 0 Å². The van der Waals surface area contributed by atoms with Crippen molar-refractivity contribution in [2.75, 3.05) is 0 Å². The van der Waals surface area contributed by atoms with E-state index in [9.17, 15) is 4.79 Å². The van der Waals surface area contributed by atoms with Crippen molar-refractivity contribution in [3.05, 3.63) is 22.4 Å². The van der Waals surface area contributed by atoms with Gasteiger partial charge in [-0.15, -0.1) is 11.3 Å². The highest BCUT2D eigenvalue weighted by Gasteiger charge is 1.82. The lowest BCUT2D eigenvalue weighted by Gasteiger charge is -1.66. The molecule has 0 aromatic carbocycles. The van der Waals surface area contributed by atoms with Crippen LogP contribution in [0.4, 0.5) is 0 Å². The Balaban J connectivity index is 2.96. The van der Waals surface area contributed by atoms with Crippen LogP contribution in [0.5, 0.6) is 0 Å². The standard InChI is InChI=1S/C5H4OS/c6-4-5-2-1-3-7-5/h1-4H/i1+1. The first-order valence-corrected chi connectivity index (χ1v) is 2.80. The molecule has 0 saturated heterocycles. The third-order valence-corrected chi connectivity index (χ3v) is 1.46. The van der Waals surface area contributed by atoms with Crippen LogP contribution in [0.2, 0.25) is 0 Å². The normalized spacial score (nSPS) is 8.57. The van der Waals surface area contributed by atoms with E-state index in [0.717, 1.165) is 11.2 Å². The van der Waals surface area contributed by atoms with Crippen molar-refractivity contribution in [1.82, 2.24) is 0 Å². The molecule has 0 unspecified atom stereocenters. The number of aldehydes is 1. The average molecular weight is 113 g/mol. The summed E-state index contributed by atoms with van der Waals surface area (Å²) in [7, 11) is 0. The lowest BCUT2D eigenvalue weighted by molar-refractivity contribution is 0.112. The van der Waals surface area contributed by atoms with Crippen LogP contribution < -0.4 is 0 Å². The molecular formula is C5H4OS. The van der Waals surface area contributed by atoms with Crippen LogP contribution in [0, 0.1) is 0 Å². The second kappa shape index (κ2) is 1.89. The van der Waals surface area contributed by atoms with Crippen LogP contribution in [0.3, 0.4) is 0 Å². The van der Waals surface area contributed by atoms with E-state index in [-0.39, 0.29) is 0 Å². The molecule has 1 heterocycles. The topological polar surface area (TPSA) is 17.1 Å². The van der Waals surface area contributed by atoms with Crippen molar-refractivity contribution >= 4 is 17.6 Å². The fraction of sp³-hybridized carbons (Fsp3) is 0.